The van der Waals surface area contributed by atoms with Crippen LogP contribution in [-0.4, -0.2) is 38.3 Å². The molecular formula is C15H25ClN2O2S. The maximum atomic E-state index is 12.4. The third-order valence-corrected chi connectivity index (χ3v) is 4.86. The first kappa shape index (κ1) is 18.4. The van der Waals surface area contributed by atoms with Crippen molar-refractivity contribution in [1.29, 1.82) is 0 Å². The van der Waals surface area contributed by atoms with Crippen LogP contribution < -0.4 is 10.6 Å². The average molecular weight is 333 g/mol. The molecule has 2 rings (SSSR count). The number of halogens is 1. The second kappa shape index (κ2) is 8.73. The summed E-state index contributed by atoms with van der Waals surface area (Å²) in [6.07, 6.45) is 2.50. The maximum absolute atomic E-state index is 12.4. The Balaban J connectivity index is 0.00000220. The molecule has 120 valence electrons. The molecule has 6 heteroatoms. The fourth-order valence-electron chi connectivity index (χ4n) is 2.63. The minimum atomic E-state index is -0.631. The minimum Gasteiger partial charge on any atom is -0.368 e. The first-order chi connectivity index (χ1) is 9.66. The molecule has 21 heavy (non-hydrogen) atoms. The normalized spacial score (nSPS) is 18.6. The van der Waals surface area contributed by atoms with Gasteiger partial charge in [-0.05, 0) is 49.7 Å². The third kappa shape index (κ3) is 4.95. The van der Waals surface area contributed by atoms with Crippen LogP contribution in [0, 0.1) is 5.92 Å². The molecule has 1 fully saturated rings. The van der Waals surface area contributed by atoms with Gasteiger partial charge in [-0.25, -0.2) is 0 Å². The molecule has 1 atom stereocenters. The Morgan fingerprint density at radius 2 is 2.24 bits per heavy atom. The molecule has 0 saturated carbocycles. The zero-order valence-electron chi connectivity index (χ0n) is 12.7. The molecule has 1 aliphatic rings. The topological polar surface area (TPSA) is 50.4 Å². The number of amides is 1. The van der Waals surface area contributed by atoms with Gasteiger partial charge in [0.05, 0.1) is 0 Å². The van der Waals surface area contributed by atoms with Gasteiger partial charge in [-0.2, -0.15) is 0 Å². The number of ether oxygens (including phenoxy) is 1. The van der Waals surface area contributed by atoms with Gasteiger partial charge >= 0.3 is 0 Å². The molecular weight excluding hydrogens is 308 g/mol. The minimum absolute atomic E-state index is 0. The van der Waals surface area contributed by atoms with Gasteiger partial charge < -0.3 is 15.4 Å². The largest absolute Gasteiger partial charge is 0.368 e. The fraction of sp³-hybridized carbons (Fsp3) is 0.667. The zero-order chi connectivity index (χ0) is 14.4. The Hall–Kier alpha value is -0.620. The van der Waals surface area contributed by atoms with Crippen LogP contribution in [0.1, 0.15) is 24.6 Å². The van der Waals surface area contributed by atoms with Crippen LogP contribution in [0.3, 0.4) is 0 Å². The van der Waals surface area contributed by atoms with Crippen LogP contribution in [0.5, 0.6) is 0 Å². The van der Waals surface area contributed by atoms with Crippen molar-refractivity contribution in [2.24, 2.45) is 5.92 Å². The number of carbonyl (C=O) groups is 1. The van der Waals surface area contributed by atoms with Crippen molar-refractivity contribution in [2.75, 3.05) is 26.7 Å². The van der Waals surface area contributed by atoms with Gasteiger partial charge in [0.15, 0.2) is 0 Å². The third-order valence-electron chi connectivity index (χ3n) is 3.96. The second-order valence-corrected chi connectivity index (χ2v) is 6.58. The Bertz CT molecular complexity index is 419. The monoisotopic (exact) mass is 332 g/mol. The van der Waals surface area contributed by atoms with E-state index in [1.54, 1.807) is 18.4 Å². The lowest BCUT2D eigenvalue weighted by atomic mass is 9.91. The smallest absolute Gasteiger partial charge is 0.252 e. The molecule has 2 heterocycles. The summed E-state index contributed by atoms with van der Waals surface area (Å²) in [6, 6.07) is 4.21. The maximum Gasteiger partial charge on any atom is 0.252 e. The number of hydrogen-bond acceptors (Lipinski definition) is 4. The Morgan fingerprint density at radius 3 is 2.81 bits per heavy atom. The summed E-state index contributed by atoms with van der Waals surface area (Å²) in [7, 11) is 1.64. The summed E-state index contributed by atoms with van der Waals surface area (Å²) in [5.41, 5.74) is -0.631. The molecule has 2 N–H and O–H groups in total. The molecule has 1 aliphatic heterocycles. The van der Waals surface area contributed by atoms with Crippen LogP contribution in [0.15, 0.2) is 17.5 Å². The zero-order valence-corrected chi connectivity index (χ0v) is 14.3. The number of thiophene rings is 1. The summed E-state index contributed by atoms with van der Waals surface area (Å²) < 4.78 is 5.53. The van der Waals surface area contributed by atoms with Gasteiger partial charge in [0.1, 0.15) is 5.60 Å². The van der Waals surface area contributed by atoms with Crippen molar-refractivity contribution in [3.63, 3.8) is 0 Å². The lowest BCUT2D eigenvalue weighted by Gasteiger charge is -2.35. The van der Waals surface area contributed by atoms with Crippen molar-refractivity contribution >= 4 is 29.7 Å². The van der Waals surface area contributed by atoms with Crippen LogP contribution >= 0.6 is 23.7 Å². The lowest BCUT2D eigenvalue weighted by molar-refractivity contribution is -0.146. The molecule has 0 radical (unpaired) electrons. The van der Waals surface area contributed by atoms with E-state index >= 15 is 0 Å². The Kier molecular flexibility index (Phi) is 7.66. The van der Waals surface area contributed by atoms with Gasteiger partial charge in [0, 0.05) is 18.5 Å². The highest BCUT2D eigenvalue weighted by molar-refractivity contribution is 7.09. The molecule has 0 spiro atoms. The summed E-state index contributed by atoms with van der Waals surface area (Å²) in [6.45, 7) is 4.55. The molecule has 0 aliphatic carbocycles. The number of rotatable bonds is 6. The molecule has 1 aromatic rings. The van der Waals surface area contributed by atoms with E-state index in [0.29, 0.717) is 12.5 Å². The molecule has 1 amide bonds. The molecule has 0 bridgehead atoms. The molecule has 1 saturated heterocycles. The second-order valence-electron chi connectivity index (χ2n) is 5.55. The van der Waals surface area contributed by atoms with E-state index in [2.05, 4.69) is 35.1 Å². The van der Waals surface area contributed by atoms with Gasteiger partial charge in [-0.1, -0.05) is 13.0 Å². The van der Waals surface area contributed by atoms with Crippen molar-refractivity contribution in [3.8, 4) is 0 Å². The van der Waals surface area contributed by atoms with E-state index in [0.717, 1.165) is 32.4 Å². The van der Waals surface area contributed by atoms with E-state index < -0.39 is 5.60 Å². The van der Waals surface area contributed by atoms with E-state index in [1.165, 1.54) is 4.88 Å². The highest BCUT2D eigenvalue weighted by Gasteiger charge is 2.39. The van der Waals surface area contributed by atoms with Gasteiger partial charge in [-0.3, -0.25) is 4.79 Å². The number of carbonyl (C=O) groups excluding carboxylic acids is 1. The highest BCUT2D eigenvalue weighted by atomic mass is 35.5. The van der Waals surface area contributed by atoms with E-state index in [4.69, 9.17) is 4.74 Å². The first-order valence-corrected chi connectivity index (χ1v) is 8.11. The lowest BCUT2D eigenvalue weighted by Crippen LogP contribution is -2.54. The molecule has 1 aromatic heterocycles. The summed E-state index contributed by atoms with van der Waals surface area (Å²) >= 11 is 1.77. The van der Waals surface area contributed by atoms with Crippen molar-refractivity contribution < 1.29 is 9.53 Å². The summed E-state index contributed by atoms with van der Waals surface area (Å²) in [5.74, 6) is 0.479. The fourth-order valence-corrected chi connectivity index (χ4v) is 3.50. The Labute approximate surface area is 137 Å². The average Bonchev–Trinajstić information content (AvgIpc) is 2.98. The number of nitrogens with one attached hydrogen (secondary N) is 2. The van der Waals surface area contributed by atoms with Crippen molar-refractivity contribution in [2.45, 2.75) is 31.8 Å². The van der Waals surface area contributed by atoms with Crippen molar-refractivity contribution in [3.05, 3.63) is 22.4 Å². The van der Waals surface area contributed by atoms with E-state index in [-0.39, 0.29) is 18.3 Å². The van der Waals surface area contributed by atoms with Crippen LogP contribution in [0.2, 0.25) is 0 Å². The van der Waals surface area contributed by atoms with Crippen LogP contribution in [-0.2, 0) is 16.0 Å². The standard InChI is InChI=1S/C15H24N2O2S.ClH/c1-12(10-13-4-3-9-20-13)11-17-14(18)15(19-2)5-7-16-8-6-15;/h3-4,9,12,16H,5-8,10-11H2,1-2H3,(H,17,18);1H. The summed E-state index contributed by atoms with van der Waals surface area (Å²) in [5, 5.41) is 8.43. The van der Waals surface area contributed by atoms with Crippen LogP contribution in [0.25, 0.3) is 0 Å². The van der Waals surface area contributed by atoms with Gasteiger partial charge in [0.2, 0.25) is 0 Å². The molecule has 4 nitrogen and oxygen atoms in total. The van der Waals surface area contributed by atoms with E-state index in [9.17, 15) is 4.79 Å². The molecule has 1 unspecified atom stereocenters. The Morgan fingerprint density at radius 1 is 1.52 bits per heavy atom. The van der Waals surface area contributed by atoms with Crippen LogP contribution in [0.4, 0.5) is 0 Å². The van der Waals surface area contributed by atoms with Gasteiger partial charge in [-0.15, -0.1) is 23.7 Å². The van der Waals surface area contributed by atoms with Crippen molar-refractivity contribution in [1.82, 2.24) is 10.6 Å². The van der Waals surface area contributed by atoms with Gasteiger partial charge in [0.25, 0.3) is 5.91 Å². The van der Waals surface area contributed by atoms with E-state index in [1.807, 2.05) is 0 Å². The highest BCUT2D eigenvalue weighted by Crippen LogP contribution is 2.22. The first-order valence-electron chi connectivity index (χ1n) is 7.23. The summed E-state index contributed by atoms with van der Waals surface area (Å²) in [4.78, 5) is 13.8. The number of hydrogen-bond donors (Lipinski definition) is 2. The molecule has 0 aromatic carbocycles. The number of methoxy groups -OCH3 is 1. The SMILES string of the molecule is COC1(C(=O)NCC(C)Cc2cccs2)CCNCC1.Cl. The predicted molar refractivity (Wildman–Crippen MR) is 89.3 cm³/mol. The predicted octanol–water partition coefficient (Wildman–Crippen LogP) is 2.23. The quantitative estimate of drug-likeness (QED) is 0.840. The number of piperidine rings is 1.